The molecular formula is C16H14N4O3S. The number of rotatable bonds is 5. The molecule has 0 unspecified atom stereocenters. The van der Waals surface area contributed by atoms with Gasteiger partial charge in [0.25, 0.3) is 5.56 Å². The summed E-state index contributed by atoms with van der Waals surface area (Å²) in [5.41, 5.74) is 0.894. The average Bonchev–Trinajstić information content (AvgIpc) is 3.09. The Hall–Kier alpha value is -3.00. The molecule has 0 atom stereocenters. The van der Waals surface area contributed by atoms with Crippen molar-refractivity contribution in [2.45, 2.75) is 6.54 Å². The largest absolute Gasteiger partial charge is 0.496 e. The number of nitrogens with one attached hydrogen (secondary N) is 1. The summed E-state index contributed by atoms with van der Waals surface area (Å²) in [6.45, 7) is -0.127. The van der Waals surface area contributed by atoms with Crippen LogP contribution in [-0.4, -0.2) is 27.6 Å². The van der Waals surface area contributed by atoms with Crippen molar-refractivity contribution in [3.8, 4) is 17.0 Å². The monoisotopic (exact) mass is 342 g/mol. The van der Waals surface area contributed by atoms with Gasteiger partial charge in [0.2, 0.25) is 5.91 Å². The Balaban J connectivity index is 1.80. The zero-order valence-electron chi connectivity index (χ0n) is 12.8. The summed E-state index contributed by atoms with van der Waals surface area (Å²) in [6, 6.07) is 8.68. The maximum Gasteiger partial charge on any atom is 0.254 e. The number of carbonyl (C=O) groups excluding carboxylic acids is 1. The molecule has 8 heteroatoms. The van der Waals surface area contributed by atoms with Crippen LogP contribution < -0.4 is 15.6 Å². The predicted molar refractivity (Wildman–Crippen MR) is 91.2 cm³/mol. The molecule has 0 bridgehead atoms. The Labute approximate surface area is 141 Å². The molecule has 2 heterocycles. The van der Waals surface area contributed by atoms with Crippen LogP contribution in [0, 0.1) is 0 Å². The lowest BCUT2D eigenvalue weighted by Crippen LogP contribution is -2.27. The molecule has 122 valence electrons. The minimum Gasteiger partial charge on any atom is -0.496 e. The second kappa shape index (κ2) is 7.05. The van der Waals surface area contributed by atoms with Crippen LogP contribution in [0.5, 0.6) is 5.75 Å². The molecule has 0 spiro atoms. The van der Waals surface area contributed by atoms with Gasteiger partial charge in [-0.25, -0.2) is 9.97 Å². The number of hydrogen-bond acceptors (Lipinski definition) is 6. The van der Waals surface area contributed by atoms with E-state index in [2.05, 4.69) is 15.3 Å². The number of hydrogen-bond donors (Lipinski definition) is 1. The van der Waals surface area contributed by atoms with Crippen LogP contribution in [0.3, 0.4) is 0 Å². The van der Waals surface area contributed by atoms with Crippen molar-refractivity contribution in [2.24, 2.45) is 0 Å². The Kier molecular flexibility index (Phi) is 4.66. The topological polar surface area (TPSA) is 86.1 Å². The van der Waals surface area contributed by atoms with Crippen LogP contribution in [0.15, 0.2) is 53.0 Å². The fraction of sp³-hybridized carbons (Fsp3) is 0.125. The van der Waals surface area contributed by atoms with E-state index >= 15 is 0 Å². The molecule has 3 aromatic rings. The highest BCUT2D eigenvalue weighted by atomic mass is 32.1. The van der Waals surface area contributed by atoms with Crippen LogP contribution in [-0.2, 0) is 11.3 Å². The maximum atomic E-state index is 12.2. The minimum atomic E-state index is -0.334. The molecule has 0 saturated carbocycles. The van der Waals surface area contributed by atoms with Crippen LogP contribution in [0.25, 0.3) is 11.3 Å². The predicted octanol–water partition coefficient (Wildman–Crippen LogP) is 2.01. The smallest absolute Gasteiger partial charge is 0.254 e. The normalized spacial score (nSPS) is 10.4. The Morgan fingerprint density at radius 1 is 1.33 bits per heavy atom. The number of anilines is 1. The van der Waals surface area contributed by atoms with E-state index in [1.54, 1.807) is 24.8 Å². The first-order valence-corrected chi connectivity index (χ1v) is 7.94. The lowest BCUT2D eigenvalue weighted by molar-refractivity contribution is -0.116. The van der Waals surface area contributed by atoms with Gasteiger partial charge in [0.15, 0.2) is 5.13 Å². The number of ether oxygens (including phenoxy) is 1. The highest BCUT2D eigenvalue weighted by Crippen LogP contribution is 2.26. The van der Waals surface area contributed by atoms with Gasteiger partial charge in [-0.1, -0.05) is 12.1 Å². The van der Waals surface area contributed by atoms with Crippen molar-refractivity contribution >= 4 is 22.4 Å². The minimum absolute atomic E-state index is 0.127. The van der Waals surface area contributed by atoms with E-state index in [0.29, 0.717) is 16.6 Å². The zero-order chi connectivity index (χ0) is 16.9. The third-order valence-corrected chi connectivity index (χ3v) is 3.94. The quantitative estimate of drug-likeness (QED) is 0.766. The summed E-state index contributed by atoms with van der Waals surface area (Å²) >= 11 is 1.31. The number of thiazole rings is 1. The van der Waals surface area contributed by atoms with Gasteiger partial charge in [-0.3, -0.25) is 14.2 Å². The number of nitrogens with zero attached hydrogens (tertiary/aromatic N) is 3. The standard InChI is InChI=1S/C16H14N4O3S/c1-23-13-5-3-2-4-11(13)12-8-15(22)20(10-18-12)9-14(21)19-16-17-6-7-24-16/h2-8,10H,9H2,1H3,(H,17,19,21). The van der Waals surface area contributed by atoms with Crippen LogP contribution >= 0.6 is 11.3 Å². The molecule has 1 aromatic carbocycles. The molecule has 1 N–H and O–H groups in total. The molecule has 1 amide bonds. The van der Waals surface area contributed by atoms with Crippen molar-refractivity contribution in [1.29, 1.82) is 0 Å². The van der Waals surface area contributed by atoms with Crippen LogP contribution in [0.2, 0.25) is 0 Å². The summed E-state index contributed by atoms with van der Waals surface area (Å²) < 4.78 is 6.51. The Morgan fingerprint density at radius 2 is 2.17 bits per heavy atom. The third kappa shape index (κ3) is 3.49. The van der Waals surface area contributed by atoms with E-state index in [1.165, 1.54) is 28.3 Å². The van der Waals surface area contributed by atoms with E-state index in [9.17, 15) is 9.59 Å². The van der Waals surface area contributed by atoms with Gasteiger partial charge in [-0.15, -0.1) is 11.3 Å². The van der Waals surface area contributed by atoms with Gasteiger partial charge in [0.1, 0.15) is 12.3 Å². The molecule has 0 aliphatic heterocycles. The average molecular weight is 342 g/mol. The second-order valence-electron chi connectivity index (χ2n) is 4.83. The summed E-state index contributed by atoms with van der Waals surface area (Å²) in [7, 11) is 1.56. The first-order valence-electron chi connectivity index (χ1n) is 7.06. The van der Waals surface area contributed by atoms with Gasteiger partial charge in [0.05, 0.1) is 19.1 Å². The summed E-state index contributed by atoms with van der Waals surface area (Å²) in [5.74, 6) is 0.294. The lowest BCUT2D eigenvalue weighted by atomic mass is 10.1. The van der Waals surface area contributed by atoms with E-state index in [1.807, 2.05) is 18.2 Å². The molecule has 3 rings (SSSR count). The third-order valence-electron chi connectivity index (χ3n) is 3.26. The van der Waals surface area contributed by atoms with Gasteiger partial charge in [0, 0.05) is 23.2 Å². The highest BCUT2D eigenvalue weighted by Gasteiger charge is 2.10. The zero-order valence-corrected chi connectivity index (χ0v) is 13.6. The lowest BCUT2D eigenvalue weighted by Gasteiger charge is -2.09. The summed E-state index contributed by atoms with van der Waals surface area (Å²) in [6.07, 6.45) is 2.95. The fourth-order valence-corrected chi connectivity index (χ4v) is 2.69. The molecule has 7 nitrogen and oxygen atoms in total. The van der Waals surface area contributed by atoms with Crippen molar-refractivity contribution in [1.82, 2.24) is 14.5 Å². The molecule has 0 aliphatic carbocycles. The molecular weight excluding hydrogens is 328 g/mol. The van der Waals surface area contributed by atoms with Crippen molar-refractivity contribution in [3.63, 3.8) is 0 Å². The van der Waals surface area contributed by atoms with E-state index in [4.69, 9.17) is 4.74 Å². The number of benzene rings is 1. The number of aromatic nitrogens is 3. The van der Waals surface area contributed by atoms with Gasteiger partial charge >= 0.3 is 0 Å². The van der Waals surface area contributed by atoms with Crippen molar-refractivity contribution in [2.75, 3.05) is 12.4 Å². The SMILES string of the molecule is COc1ccccc1-c1cc(=O)n(CC(=O)Nc2nccs2)cn1. The molecule has 0 saturated heterocycles. The van der Waals surface area contributed by atoms with Gasteiger partial charge < -0.3 is 10.1 Å². The molecule has 24 heavy (non-hydrogen) atoms. The number of methoxy groups -OCH3 is 1. The van der Waals surface area contributed by atoms with Crippen molar-refractivity contribution < 1.29 is 9.53 Å². The molecule has 0 aliphatic rings. The summed E-state index contributed by atoms with van der Waals surface area (Å²) in [5, 5.41) is 4.87. The maximum absolute atomic E-state index is 12.2. The molecule has 0 radical (unpaired) electrons. The number of carbonyl (C=O) groups is 1. The van der Waals surface area contributed by atoms with Crippen molar-refractivity contribution in [3.05, 3.63) is 58.6 Å². The van der Waals surface area contributed by atoms with Gasteiger partial charge in [-0.05, 0) is 12.1 Å². The number of amides is 1. The van der Waals surface area contributed by atoms with Gasteiger partial charge in [-0.2, -0.15) is 0 Å². The molecule has 0 fully saturated rings. The Morgan fingerprint density at radius 3 is 2.88 bits per heavy atom. The van der Waals surface area contributed by atoms with Crippen LogP contribution in [0.1, 0.15) is 0 Å². The first-order chi connectivity index (χ1) is 11.7. The number of para-hydroxylation sites is 1. The van der Waals surface area contributed by atoms with Crippen LogP contribution in [0.4, 0.5) is 5.13 Å². The van der Waals surface area contributed by atoms with E-state index in [-0.39, 0.29) is 18.0 Å². The molecule has 2 aromatic heterocycles. The fourth-order valence-electron chi connectivity index (χ4n) is 2.15. The summed E-state index contributed by atoms with van der Waals surface area (Å²) in [4.78, 5) is 32.4. The van der Waals surface area contributed by atoms with E-state index < -0.39 is 0 Å². The Bertz CT molecular complexity index is 906. The first kappa shape index (κ1) is 15.9. The second-order valence-corrected chi connectivity index (χ2v) is 5.72. The highest BCUT2D eigenvalue weighted by molar-refractivity contribution is 7.13. The van der Waals surface area contributed by atoms with E-state index in [0.717, 1.165) is 5.56 Å².